The van der Waals surface area contributed by atoms with Crippen molar-refractivity contribution in [2.24, 2.45) is 4.99 Å². The quantitative estimate of drug-likeness (QED) is 0.397. The van der Waals surface area contributed by atoms with Crippen LogP contribution in [0.2, 0.25) is 0 Å². The van der Waals surface area contributed by atoms with Gasteiger partial charge in [-0.1, -0.05) is 48.2 Å². The van der Waals surface area contributed by atoms with Gasteiger partial charge in [0.2, 0.25) is 5.91 Å². The third-order valence-corrected chi connectivity index (χ3v) is 7.39. The number of carbonyl (C=O) groups is 2. The van der Waals surface area contributed by atoms with Crippen molar-refractivity contribution in [3.63, 3.8) is 0 Å². The smallest absolute Gasteiger partial charge is 0.338 e. The summed E-state index contributed by atoms with van der Waals surface area (Å²) in [7, 11) is 1.56. The summed E-state index contributed by atoms with van der Waals surface area (Å²) in [6.45, 7) is 4.27. The van der Waals surface area contributed by atoms with E-state index in [4.69, 9.17) is 9.47 Å². The molecule has 0 saturated carbocycles. The van der Waals surface area contributed by atoms with Crippen molar-refractivity contribution in [2.75, 3.05) is 20.3 Å². The first-order valence-corrected chi connectivity index (χ1v) is 12.7. The Hall–Kier alpha value is -2.88. The second kappa shape index (κ2) is 11.0. The molecule has 3 heterocycles. The van der Waals surface area contributed by atoms with E-state index in [-0.39, 0.29) is 25.0 Å². The molecule has 2 aliphatic heterocycles. The Morgan fingerprint density at radius 2 is 1.97 bits per heavy atom. The van der Waals surface area contributed by atoms with Crippen LogP contribution >= 0.6 is 23.1 Å². The molecule has 34 heavy (non-hydrogen) atoms. The van der Waals surface area contributed by atoms with Gasteiger partial charge in [-0.2, -0.15) is 0 Å². The van der Waals surface area contributed by atoms with Crippen LogP contribution < -0.4 is 5.32 Å². The summed E-state index contributed by atoms with van der Waals surface area (Å²) in [6.07, 6.45) is 0.177. The first kappa shape index (κ1) is 24.3. The Kier molecular flexibility index (Phi) is 7.87. The van der Waals surface area contributed by atoms with Gasteiger partial charge >= 0.3 is 5.97 Å². The third kappa shape index (κ3) is 5.27. The van der Waals surface area contributed by atoms with E-state index in [0.29, 0.717) is 17.9 Å². The Labute approximate surface area is 207 Å². The normalized spacial score (nSPS) is 18.2. The van der Waals surface area contributed by atoms with Crippen molar-refractivity contribution in [2.45, 2.75) is 32.4 Å². The molecule has 9 heteroatoms. The monoisotopic (exact) mass is 497 g/mol. The second-order valence-electron chi connectivity index (χ2n) is 7.91. The van der Waals surface area contributed by atoms with Crippen molar-refractivity contribution in [3.8, 4) is 0 Å². The zero-order valence-corrected chi connectivity index (χ0v) is 20.9. The molecule has 2 aliphatic rings. The van der Waals surface area contributed by atoms with E-state index in [2.05, 4.69) is 10.3 Å². The number of thioether (sulfide) groups is 1. The van der Waals surface area contributed by atoms with Crippen LogP contribution in [0.3, 0.4) is 0 Å². The topological polar surface area (TPSA) is 80.2 Å². The van der Waals surface area contributed by atoms with Crippen LogP contribution in [0.4, 0.5) is 0 Å². The zero-order chi connectivity index (χ0) is 24.1. The van der Waals surface area contributed by atoms with E-state index < -0.39 is 12.0 Å². The lowest BCUT2D eigenvalue weighted by Crippen LogP contribution is -2.38. The minimum absolute atomic E-state index is 0.0927. The number of hydrogen-bond donors (Lipinski definition) is 1. The largest absolute Gasteiger partial charge is 0.460 e. The number of thiophene rings is 1. The molecule has 7 nitrogen and oxygen atoms in total. The number of hydrogen-bond acceptors (Lipinski definition) is 8. The van der Waals surface area contributed by atoms with Crippen molar-refractivity contribution >= 4 is 40.1 Å². The molecule has 4 rings (SSSR count). The molecule has 0 aliphatic carbocycles. The van der Waals surface area contributed by atoms with Crippen LogP contribution in [0.25, 0.3) is 0 Å². The van der Waals surface area contributed by atoms with Crippen molar-refractivity contribution < 1.29 is 19.1 Å². The highest BCUT2D eigenvalue weighted by atomic mass is 32.2. The van der Waals surface area contributed by atoms with Gasteiger partial charge in [-0.05, 0) is 36.3 Å². The lowest BCUT2D eigenvalue weighted by atomic mass is 9.99. The SMILES string of the molecule is COCCOC(=O)C1=C(C)N=C2SC=C(CC(=O)NC(C)c3ccccc3)N2C1c1cccs1. The maximum atomic E-state index is 13.1. The average Bonchev–Trinajstić information content (AvgIpc) is 3.49. The number of nitrogens with zero attached hydrogens (tertiary/aromatic N) is 2. The van der Waals surface area contributed by atoms with Gasteiger partial charge in [0.15, 0.2) is 5.17 Å². The molecule has 0 bridgehead atoms. The number of allylic oxidation sites excluding steroid dienone is 1. The minimum atomic E-state index is -0.422. The van der Waals surface area contributed by atoms with E-state index in [1.165, 1.54) is 11.8 Å². The molecule has 1 N–H and O–H groups in total. The third-order valence-electron chi connectivity index (χ3n) is 5.57. The fourth-order valence-corrected chi connectivity index (χ4v) is 5.71. The van der Waals surface area contributed by atoms with Gasteiger partial charge in [0.1, 0.15) is 12.6 Å². The Balaban J connectivity index is 1.56. The summed E-state index contributed by atoms with van der Waals surface area (Å²) in [5.41, 5.74) is 2.95. The van der Waals surface area contributed by atoms with Gasteiger partial charge in [-0.25, -0.2) is 9.79 Å². The maximum absolute atomic E-state index is 13.1. The predicted octanol–water partition coefficient (Wildman–Crippen LogP) is 4.78. The summed E-state index contributed by atoms with van der Waals surface area (Å²) < 4.78 is 10.5. The number of methoxy groups -OCH3 is 1. The molecule has 2 unspecified atom stereocenters. The highest BCUT2D eigenvalue weighted by Crippen LogP contribution is 2.45. The summed E-state index contributed by atoms with van der Waals surface area (Å²) in [5.74, 6) is -0.515. The van der Waals surface area contributed by atoms with Gasteiger partial charge in [-0.15, -0.1) is 11.3 Å². The number of aliphatic imine (C=N–C) groups is 1. The van der Waals surface area contributed by atoms with Gasteiger partial charge in [0.25, 0.3) is 0 Å². The van der Waals surface area contributed by atoms with Crippen LogP contribution in [-0.2, 0) is 19.1 Å². The van der Waals surface area contributed by atoms with E-state index >= 15 is 0 Å². The summed E-state index contributed by atoms with van der Waals surface area (Å²) in [6, 6.07) is 13.3. The number of nitrogens with one attached hydrogen (secondary N) is 1. The molecule has 2 aromatic rings. The van der Waals surface area contributed by atoms with Gasteiger partial charge in [-0.3, -0.25) is 4.79 Å². The summed E-state index contributed by atoms with van der Waals surface area (Å²) in [4.78, 5) is 33.7. The highest BCUT2D eigenvalue weighted by Gasteiger charge is 2.41. The summed E-state index contributed by atoms with van der Waals surface area (Å²) >= 11 is 3.02. The minimum Gasteiger partial charge on any atom is -0.460 e. The number of amides is 1. The van der Waals surface area contributed by atoms with Crippen LogP contribution in [-0.4, -0.2) is 42.3 Å². The Morgan fingerprint density at radius 3 is 2.68 bits per heavy atom. The zero-order valence-electron chi connectivity index (χ0n) is 19.3. The number of ether oxygens (including phenoxy) is 2. The first-order chi connectivity index (χ1) is 16.5. The fourth-order valence-electron chi connectivity index (χ4n) is 3.92. The number of amidine groups is 1. The molecule has 1 aromatic heterocycles. The standard InChI is InChI=1S/C25H27N3O4S2/c1-16(18-8-5-4-6-9-18)26-21(29)14-19-15-34-25-27-17(2)22(24(30)32-12-11-31-3)23(28(19)25)20-10-7-13-33-20/h4-10,13,15-16,23H,11-12,14H2,1-3H3,(H,26,29). The number of fused-ring (bicyclic) bond motifs is 1. The number of esters is 1. The lowest BCUT2D eigenvalue weighted by Gasteiger charge is -2.35. The lowest BCUT2D eigenvalue weighted by molar-refractivity contribution is -0.141. The molecule has 0 fully saturated rings. The molecule has 1 amide bonds. The first-order valence-electron chi connectivity index (χ1n) is 11.0. The van der Waals surface area contributed by atoms with Gasteiger partial charge < -0.3 is 19.7 Å². The molecular formula is C25H27N3O4S2. The van der Waals surface area contributed by atoms with Crippen molar-refractivity contribution in [3.05, 3.63) is 80.7 Å². The van der Waals surface area contributed by atoms with E-state index in [0.717, 1.165) is 21.3 Å². The Bertz CT molecular complexity index is 1130. The predicted molar refractivity (Wildman–Crippen MR) is 135 cm³/mol. The van der Waals surface area contributed by atoms with Crippen LogP contribution in [0, 0.1) is 0 Å². The molecule has 0 spiro atoms. The second-order valence-corrected chi connectivity index (χ2v) is 9.73. The van der Waals surface area contributed by atoms with Crippen molar-refractivity contribution in [1.29, 1.82) is 0 Å². The molecule has 0 radical (unpaired) electrons. The van der Waals surface area contributed by atoms with Crippen LogP contribution in [0.15, 0.2) is 75.2 Å². The number of benzene rings is 1. The molecule has 2 atom stereocenters. The highest BCUT2D eigenvalue weighted by molar-refractivity contribution is 8.16. The molecule has 178 valence electrons. The van der Waals surface area contributed by atoms with E-state index in [9.17, 15) is 9.59 Å². The fraction of sp³-hybridized carbons (Fsp3) is 0.320. The Morgan fingerprint density at radius 1 is 1.18 bits per heavy atom. The molecule has 1 aromatic carbocycles. The van der Waals surface area contributed by atoms with Crippen LogP contribution in [0.1, 0.15) is 42.8 Å². The van der Waals surface area contributed by atoms with E-state index in [1.807, 2.05) is 72.0 Å². The van der Waals surface area contributed by atoms with Crippen LogP contribution in [0.5, 0.6) is 0 Å². The average molecular weight is 498 g/mol. The number of carbonyl (C=O) groups excluding carboxylic acids is 2. The summed E-state index contributed by atoms with van der Waals surface area (Å²) in [5, 5.41) is 7.75. The van der Waals surface area contributed by atoms with Gasteiger partial charge in [0, 0.05) is 17.7 Å². The maximum Gasteiger partial charge on any atom is 0.338 e. The van der Waals surface area contributed by atoms with Crippen molar-refractivity contribution in [1.82, 2.24) is 10.2 Å². The molecule has 0 saturated heterocycles. The van der Waals surface area contributed by atoms with Gasteiger partial charge in [0.05, 0.1) is 30.3 Å². The number of rotatable bonds is 9. The molecular weight excluding hydrogens is 470 g/mol. The van der Waals surface area contributed by atoms with E-state index in [1.54, 1.807) is 18.4 Å².